The summed E-state index contributed by atoms with van der Waals surface area (Å²) >= 11 is 0. The predicted molar refractivity (Wildman–Crippen MR) is 78.0 cm³/mol. The van der Waals surface area contributed by atoms with Crippen LogP contribution in [0.1, 0.15) is 13.8 Å². The lowest BCUT2D eigenvalue weighted by atomic mass is 10.9. The molecule has 0 aromatic heterocycles. The fourth-order valence-corrected chi connectivity index (χ4v) is 1.38. The van der Waals surface area contributed by atoms with Crippen LogP contribution in [0.5, 0.6) is 0 Å². The average Bonchev–Trinajstić information content (AvgIpc) is 2.48. The second-order valence-electron chi connectivity index (χ2n) is 2.70. The third-order valence-electron chi connectivity index (χ3n) is 1.34. The number of hydrogen-bond acceptors (Lipinski definition) is 12. The van der Waals surface area contributed by atoms with Gasteiger partial charge in [0.15, 0.2) is 0 Å². The van der Waals surface area contributed by atoms with E-state index in [-0.39, 0.29) is 13.2 Å². The lowest BCUT2D eigenvalue weighted by Gasteiger charge is -1.99. The Morgan fingerprint density at radius 1 is 0.522 bits per heavy atom. The second-order valence-corrected chi connectivity index (χ2v) is 6.96. The molecule has 0 aliphatic carbocycles. The minimum atomic E-state index is -3.68. The van der Waals surface area contributed by atoms with Gasteiger partial charge in [-0.3, -0.25) is 16.7 Å². The van der Waals surface area contributed by atoms with Crippen LogP contribution in [0.4, 0.5) is 0 Å². The van der Waals surface area contributed by atoms with E-state index in [1.807, 2.05) is 0 Å². The third-order valence-corrected chi connectivity index (χ3v) is 4.02. The molecule has 15 heteroatoms. The van der Waals surface area contributed by atoms with Gasteiger partial charge in [-0.25, -0.2) is 8.37 Å². The summed E-state index contributed by atoms with van der Waals surface area (Å²) < 4.78 is 84.3. The minimum absolute atomic E-state index is 0.113. The van der Waals surface area contributed by atoms with Gasteiger partial charge in [0.05, 0.1) is 41.7 Å². The molecule has 0 N–H and O–H groups in total. The zero-order valence-electron chi connectivity index (χ0n) is 13.5. The molecule has 0 saturated carbocycles. The summed E-state index contributed by atoms with van der Waals surface area (Å²) in [6, 6.07) is 0. The number of hydrogen-bond donors (Lipinski definition) is 0. The van der Waals surface area contributed by atoms with Crippen LogP contribution in [0.3, 0.4) is 0 Å². The molecule has 0 spiro atoms. The molecule has 0 unspecified atom stereocenters. The van der Waals surface area contributed by atoms with Crippen molar-refractivity contribution < 1.29 is 50.4 Å². The van der Waals surface area contributed by atoms with Crippen molar-refractivity contribution in [2.45, 2.75) is 13.8 Å². The van der Waals surface area contributed by atoms with Crippen molar-refractivity contribution >= 4 is 31.2 Å². The Morgan fingerprint density at radius 2 is 0.739 bits per heavy atom. The Labute approximate surface area is 137 Å². The molecule has 0 aromatic carbocycles. The SMILES string of the molecule is CCOS(=O)(=O)OCC.COS(=O)(=O)OC.COS(=O)(=O)OC. The first-order chi connectivity index (χ1) is 10.4. The van der Waals surface area contributed by atoms with Crippen LogP contribution in [-0.4, -0.2) is 66.9 Å². The van der Waals surface area contributed by atoms with Gasteiger partial charge in [-0.2, -0.15) is 25.3 Å². The van der Waals surface area contributed by atoms with Crippen molar-refractivity contribution in [2.75, 3.05) is 41.7 Å². The highest BCUT2D eigenvalue weighted by Crippen LogP contribution is 1.93. The van der Waals surface area contributed by atoms with Crippen LogP contribution in [-0.2, 0) is 56.3 Å². The van der Waals surface area contributed by atoms with E-state index in [9.17, 15) is 25.3 Å². The van der Waals surface area contributed by atoms with Crippen LogP contribution in [0, 0.1) is 0 Å². The van der Waals surface area contributed by atoms with Crippen molar-refractivity contribution in [1.82, 2.24) is 0 Å². The van der Waals surface area contributed by atoms with Crippen LogP contribution in [0.2, 0.25) is 0 Å². The maximum atomic E-state index is 10.4. The highest BCUT2D eigenvalue weighted by atomic mass is 32.3. The van der Waals surface area contributed by atoms with Crippen LogP contribution >= 0.6 is 0 Å². The molecular weight excluding hydrogens is 384 g/mol. The monoisotopic (exact) mass is 406 g/mol. The maximum Gasteiger partial charge on any atom is 0.399 e. The third kappa shape index (κ3) is 21.6. The van der Waals surface area contributed by atoms with Gasteiger partial charge < -0.3 is 0 Å². The van der Waals surface area contributed by atoms with E-state index in [1.54, 1.807) is 13.8 Å². The van der Waals surface area contributed by atoms with Gasteiger partial charge in [-0.1, -0.05) is 0 Å². The van der Waals surface area contributed by atoms with Crippen molar-refractivity contribution in [3.8, 4) is 0 Å². The van der Waals surface area contributed by atoms with Gasteiger partial charge in [0.1, 0.15) is 0 Å². The molecule has 144 valence electrons. The van der Waals surface area contributed by atoms with Gasteiger partial charge in [-0.05, 0) is 13.8 Å². The molecule has 0 radical (unpaired) electrons. The van der Waals surface area contributed by atoms with E-state index in [1.165, 1.54) is 0 Å². The smallest absolute Gasteiger partial charge is 0.252 e. The molecule has 0 aromatic rings. The second kappa shape index (κ2) is 14.0. The van der Waals surface area contributed by atoms with Crippen LogP contribution in [0.25, 0.3) is 0 Å². The molecule has 0 atom stereocenters. The van der Waals surface area contributed by atoms with E-state index in [4.69, 9.17) is 0 Å². The Balaban J connectivity index is -0.000000264. The Morgan fingerprint density at radius 3 is 0.826 bits per heavy atom. The van der Waals surface area contributed by atoms with E-state index in [2.05, 4.69) is 25.1 Å². The van der Waals surface area contributed by atoms with Gasteiger partial charge in [0, 0.05) is 0 Å². The van der Waals surface area contributed by atoms with Crippen molar-refractivity contribution in [1.29, 1.82) is 0 Å². The maximum absolute atomic E-state index is 10.4. The minimum Gasteiger partial charge on any atom is -0.252 e. The van der Waals surface area contributed by atoms with E-state index >= 15 is 0 Å². The van der Waals surface area contributed by atoms with E-state index in [0.717, 1.165) is 28.4 Å². The quantitative estimate of drug-likeness (QED) is 0.502. The molecule has 0 fully saturated rings. The normalized spacial score (nSPS) is 11.7. The first-order valence-corrected chi connectivity index (χ1v) is 9.62. The van der Waals surface area contributed by atoms with Gasteiger partial charge in [0.25, 0.3) is 0 Å². The summed E-state index contributed by atoms with van der Waals surface area (Å²) in [7, 11) is -6.89. The fourth-order valence-electron chi connectivity index (χ4n) is 0.459. The van der Waals surface area contributed by atoms with Crippen LogP contribution < -0.4 is 0 Å². The molecule has 0 rings (SSSR count). The summed E-state index contributed by atoms with van der Waals surface area (Å²) in [5, 5.41) is 0. The highest BCUT2D eigenvalue weighted by molar-refractivity contribution is 7.82. The zero-order valence-corrected chi connectivity index (χ0v) is 16.0. The summed E-state index contributed by atoms with van der Waals surface area (Å²) in [5.41, 5.74) is 0. The molecule has 0 heterocycles. The van der Waals surface area contributed by atoms with Gasteiger partial charge >= 0.3 is 31.2 Å². The Bertz CT molecular complexity index is 495. The molecule has 0 bridgehead atoms. The largest absolute Gasteiger partial charge is 0.399 e. The Kier molecular flexibility index (Phi) is 16.7. The fraction of sp³-hybridized carbons (Fsp3) is 1.00. The standard InChI is InChI=1S/C4H10O4S.2C2H6O4S/c1-3-7-9(5,6)8-4-2;2*1-5-7(3,4)6-2/h3-4H2,1-2H3;2*1-2H3. The van der Waals surface area contributed by atoms with Gasteiger partial charge in [-0.15, -0.1) is 0 Å². The summed E-state index contributed by atoms with van der Waals surface area (Å²) in [4.78, 5) is 0. The predicted octanol–water partition coefficient (Wildman–Crippen LogP) is -0.648. The molecular formula is C8H22O12S3. The molecule has 23 heavy (non-hydrogen) atoms. The van der Waals surface area contributed by atoms with Crippen molar-refractivity contribution in [2.24, 2.45) is 0 Å². The molecule has 0 aliphatic rings. The van der Waals surface area contributed by atoms with Crippen molar-refractivity contribution in [3.63, 3.8) is 0 Å². The highest BCUT2D eigenvalue weighted by Gasteiger charge is 2.07. The van der Waals surface area contributed by atoms with Crippen molar-refractivity contribution in [3.05, 3.63) is 0 Å². The van der Waals surface area contributed by atoms with E-state index < -0.39 is 31.2 Å². The summed E-state index contributed by atoms with van der Waals surface area (Å²) in [5.74, 6) is 0. The lowest BCUT2D eigenvalue weighted by Crippen LogP contribution is -2.09. The first kappa shape index (κ1) is 27.5. The molecule has 0 amide bonds. The topological polar surface area (TPSA) is 158 Å². The first-order valence-electron chi connectivity index (χ1n) is 5.62. The molecule has 12 nitrogen and oxygen atoms in total. The molecule has 0 aliphatic heterocycles. The lowest BCUT2D eigenvalue weighted by molar-refractivity contribution is 0.231. The van der Waals surface area contributed by atoms with Gasteiger partial charge in [0.2, 0.25) is 0 Å². The summed E-state index contributed by atoms with van der Waals surface area (Å²) in [6.07, 6.45) is 0. The zero-order chi connectivity index (χ0) is 19.2. The average molecular weight is 406 g/mol. The Hall–Kier alpha value is -0.390. The number of rotatable bonds is 8. The molecule has 0 saturated heterocycles. The van der Waals surface area contributed by atoms with E-state index in [0.29, 0.717) is 0 Å². The van der Waals surface area contributed by atoms with Crippen LogP contribution in [0.15, 0.2) is 0 Å². The summed E-state index contributed by atoms with van der Waals surface area (Å²) in [6.45, 7) is 3.39.